The molecule has 0 aromatic heterocycles. The summed E-state index contributed by atoms with van der Waals surface area (Å²) >= 11 is 5.67. The number of nitrogen functional groups attached to an aromatic ring is 1. The molecule has 0 radical (unpaired) electrons. The first-order chi connectivity index (χ1) is 8.47. The summed E-state index contributed by atoms with van der Waals surface area (Å²) < 4.78 is 13.1. The molecule has 0 aliphatic heterocycles. The van der Waals surface area contributed by atoms with E-state index in [1.54, 1.807) is 0 Å². The van der Waals surface area contributed by atoms with Crippen molar-refractivity contribution >= 4 is 17.3 Å². The number of aliphatic hydroxyl groups excluding tert-OH is 2. The maximum atomic E-state index is 13.1. The highest BCUT2D eigenvalue weighted by Gasteiger charge is 2.22. The van der Waals surface area contributed by atoms with Gasteiger partial charge in [0.2, 0.25) is 0 Å². The molecule has 0 fully saturated rings. The average Bonchev–Trinajstić information content (AvgIpc) is 2.33. The maximum absolute atomic E-state index is 13.1. The van der Waals surface area contributed by atoms with Gasteiger partial charge in [-0.25, -0.2) is 4.39 Å². The number of hydrogen-bond donors (Lipinski definition) is 3. The van der Waals surface area contributed by atoms with Crippen LogP contribution in [0, 0.1) is 5.82 Å². The van der Waals surface area contributed by atoms with E-state index in [-0.39, 0.29) is 29.2 Å². The molecule has 8 heteroatoms. The maximum Gasteiger partial charge on any atom is 0.125 e. The van der Waals surface area contributed by atoms with Gasteiger partial charge in [0.1, 0.15) is 11.9 Å². The highest BCUT2D eigenvalue weighted by Crippen LogP contribution is 2.31. The van der Waals surface area contributed by atoms with E-state index in [1.165, 1.54) is 0 Å². The Kier molecular flexibility index (Phi) is 5.18. The monoisotopic (exact) mass is 274 g/mol. The number of benzene rings is 1. The van der Waals surface area contributed by atoms with Crippen LogP contribution in [0.2, 0.25) is 5.02 Å². The lowest BCUT2D eigenvalue weighted by molar-refractivity contribution is 0.0153. The van der Waals surface area contributed by atoms with Crippen LogP contribution in [0.15, 0.2) is 17.2 Å². The molecular weight excluding hydrogens is 263 g/mol. The standard InChI is InChI=1S/C10H12ClFN4O2/c11-7-4-5(12)3-6(9(7)13)10(18)8(17)1-2-15-16-14/h3-4,8,10,17-18H,1-2,13H2. The van der Waals surface area contributed by atoms with Crippen molar-refractivity contribution in [3.05, 3.63) is 39.0 Å². The predicted molar refractivity (Wildman–Crippen MR) is 65.4 cm³/mol. The summed E-state index contributed by atoms with van der Waals surface area (Å²) in [5.41, 5.74) is 13.7. The average molecular weight is 275 g/mol. The van der Waals surface area contributed by atoms with E-state index >= 15 is 0 Å². The Balaban J connectivity index is 2.89. The van der Waals surface area contributed by atoms with Crippen LogP contribution >= 0.6 is 11.6 Å². The fourth-order valence-electron chi connectivity index (χ4n) is 1.45. The van der Waals surface area contributed by atoms with Gasteiger partial charge < -0.3 is 15.9 Å². The Morgan fingerprint density at radius 1 is 1.50 bits per heavy atom. The van der Waals surface area contributed by atoms with Crippen molar-refractivity contribution in [2.24, 2.45) is 5.11 Å². The first-order valence-electron chi connectivity index (χ1n) is 5.08. The lowest BCUT2D eigenvalue weighted by Crippen LogP contribution is -2.20. The normalized spacial score (nSPS) is 13.8. The Morgan fingerprint density at radius 2 is 2.17 bits per heavy atom. The van der Waals surface area contributed by atoms with Gasteiger partial charge in [-0.05, 0) is 24.1 Å². The van der Waals surface area contributed by atoms with Gasteiger partial charge >= 0.3 is 0 Å². The van der Waals surface area contributed by atoms with Crippen LogP contribution in [0.3, 0.4) is 0 Å². The number of nitrogens with zero attached hydrogens (tertiary/aromatic N) is 3. The van der Waals surface area contributed by atoms with Crippen molar-refractivity contribution in [3.8, 4) is 0 Å². The van der Waals surface area contributed by atoms with Gasteiger partial charge in [0.05, 0.1) is 16.8 Å². The zero-order valence-corrected chi connectivity index (χ0v) is 10.0. The van der Waals surface area contributed by atoms with Crippen LogP contribution in [0.4, 0.5) is 10.1 Å². The molecule has 0 amide bonds. The third-order valence-electron chi connectivity index (χ3n) is 2.40. The summed E-state index contributed by atoms with van der Waals surface area (Å²) in [6.07, 6.45) is -2.60. The van der Waals surface area contributed by atoms with Crippen molar-refractivity contribution in [2.75, 3.05) is 12.3 Å². The molecule has 0 spiro atoms. The molecule has 0 heterocycles. The van der Waals surface area contributed by atoms with E-state index < -0.39 is 18.0 Å². The van der Waals surface area contributed by atoms with Crippen molar-refractivity contribution < 1.29 is 14.6 Å². The zero-order valence-electron chi connectivity index (χ0n) is 9.29. The minimum Gasteiger partial charge on any atom is -0.397 e. The fourth-order valence-corrected chi connectivity index (χ4v) is 1.66. The second kappa shape index (κ2) is 6.42. The summed E-state index contributed by atoms with van der Waals surface area (Å²) in [6, 6.07) is 2.02. The van der Waals surface area contributed by atoms with Crippen LogP contribution in [0.5, 0.6) is 0 Å². The Hall–Kier alpha value is -1.53. The summed E-state index contributed by atoms with van der Waals surface area (Å²) in [5.74, 6) is -0.662. The number of nitrogens with two attached hydrogens (primary N) is 1. The second-order valence-corrected chi connectivity index (χ2v) is 4.05. The number of azide groups is 1. The largest absolute Gasteiger partial charge is 0.397 e. The molecular formula is C10H12ClFN4O2. The quantitative estimate of drug-likeness (QED) is 0.331. The molecule has 0 aliphatic carbocycles. The molecule has 0 bridgehead atoms. The molecule has 4 N–H and O–H groups in total. The van der Waals surface area contributed by atoms with Crippen molar-refractivity contribution in [1.82, 2.24) is 0 Å². The fraction of sp³-hybridized carbons (Fsp3) is 0.400. The van der Waals surface area contributed by atoms with E-state index in [4.69, 9.17) is 22.9 Å². The van der Waals surface area contributed by atoms with Gasteiger partial charge in [-0.2, -0.15) is 0 Å². The smallest absolute Gasteiger partial charge is 0.125 e. The summed E-state index contributed by atoms with van der Waals surface area (Å²) in [7, 11) is 0. The summed E-state index contributed by atoms with van der Waals surface area (Å²) in [5, 5.41) is 22.7. The number of anilines is 1. The van der Waals surface area contributed by atoms with Crippen LogP contribution in [-0.4, -0.2) is 22.9 Å². The van der Waals surface area contributed by atoms with Gasteiger partial charge in [0, 0.05) is 17.0 Å². The van der Waals surface area contributed by atoms with E-state index in [1.807, 2.05) is 0 Å². The molecule has 2 unspecified atom stereocenters. The minimum absolute atomic E-state index is 0.00778. The Bertz CT molecular complexity index is 479. The van der Waals surface area contributed by atoms with E-state index in [0.717, 1.165) is 12.1 Å². The predicted octanol–water partition coefficient (Wildman–Crippen LogP) is 2.16. The lowest BCUT2D eigenvalue weighted by Gasteiger charge is -2.19. The molecule has 98 valence electrons. The molecule has 1 rings (SSSR count). The van der Waals surface area contributed by atoms with Crippen LogP contribution in [0.25, 0.3) is 10.4 Å². The van der Waals surface area contributed by atoms with Crippen LogP contribution in [0.1, 0.15) is 18.1 Å². The van der Waals surface area contributed by atoms with Crippen molar-refractivity contribution in [3.63, 3.8) is 0 Å². The molecule has 0 aliphatic rings. The third-order valence-corrected chi connectivity index (χ3v) is 2.71. The number of aliphatic hydroxyl groups is 2. The SMILES string of the molecule is [N-]=[N+]=NCCC(O)C(O)c1cc(F)cc(Cl)c1N. The van der Waals surface area contributed by atoms with Gasteiger partial charge in [-0.1, -0.05) is 16.7 Å². The van der Waals surface area contributed by atoms with E-state index in [2.05, 4.69) is 10.0 Å². The van der Waals surface area contributed by atoms with Crippen molar-refractivity contribution in [2.45, 2.75) is 18.6 Å². The Labute approximate surface area is 107 Å². The summed E-state index contributed by atoms with van der Waals surface area (Å²) in [4.78, 5) is 2.51. The van der Waals surface area contributed by atoms with E-state index in [9.17, 15) is 14.6 Å². The summed E-state index contributed by atoms with van der Waals surface area (Å²) in [6.45, 7) is 0.0116. The molecule has 1 aromatic carbocycles. The lowest BCUT2D eigenvalue weighted by atomic mass is 10.0. The Morgan fingerprint density at radius 3 is 2.78 bits per heavy atom. The highest BCUT2D eigenvalue weighted by molar-refractivity contribution is 6.33. The van der Waals surface area contributed by atoms with Gasteiger partial charge in [-0.3, -0.25) is 0 Å². The highest BCUT2D eigenvalue weighted by atomic mass is 35.5. The number of hydrogen-bond acceptors (Lipinski definition) is 4. The molecule has 2 atom stereocenters. The minimum atomic E-state index is -1.40. The van der Waals surface area contributed by atoms with E-state index in [0.29, 0.717) is 0 Å². The van der Waals surface area contributed by atoms with Crippen molar-refractivity contribution in [1.29, 1.82) is 0 Å². The molecule has 0 saturated heterocycles. The first kappa shape index (κ1) is 14.5. The second-order valence-electron chi connectivity index (χ2n) is 3.65. The zero-order chi connectivity index (χ0) is 13.7. The van der Waals surface area contributed by atoms with Gasteiger partial charge in [0.15, 0.2) is 0 Å². The first-order valence-corrected chi connectivity index (χ1v) is 5.46. The molecule has 6 nitrogen and oxygen atoms in total. The molecule has 0 saturated carbocycles. The van der Waals surface area contributed by atoms with Gasteiger partial charge in [0.25, 0.3) is 0 Å². The number of halogens is 2. The number of rotatable bonds is 5. The van der Waals surface area contributed by atoms with Crippen LogP contribution in [-0.2, 0) is 0 Å². The van der Waals surface area contributed by atoms with Gasteiger partial charge in [-0.15, -0.1) is 0 Å². The van der Waals surface area contributed by atoms with Crippen LogP contribution < -0.4 is 5.73 Å². The topological polar surface area (TPSA) is 115 Å². The molecule has 1 aromatic rings. The molecule has 18 heavy (non-hydrogen) atoms. The third kappa shape index (κ3) is 3.48.